The highest BCUT2D eigenvalue weighted by Crippen LogP contribution is 2.34. The number of nitrogens with zero attached hydrogens (tertiary/aromatic N) is 6. The predicted octanol–water partition coefficient (Wildman–Crippen LogP) is 3.86. The molecule has 3 heterocycles. The van der Waals surface area contributed by atoms with E-state index in [0.717, 1.165) is 32.1 Å². The second kappa shape index (κ2) is 15.7. The molecule has 13 heteroatoms. The number of imidazole rings is 1. The number of benzene rings is 1. The summed E-state index contributed by atoms with van der Waals surface area (Å²) in [5, 5.41) is 9.86. The first kappa shape index (κ1) is 34.9. The maximum Gasteiger partial charge on any atom is 0.270 e. The van der Waals surface area contributed by atoms with Gasteiger partial charge < -0.3 is 25.0 Å². The highest BCUT2D eigenvalue weighted by atomic mass is 19.1. The van der Waals surface area contributed by atoms with Crippen molar-refractivity contribution in [2.24, 2.45) is 18.9 Å². The number of ketones is 1. The van der Waals surface area contributed by atoms with E-state index in [9.17, 15) is 19.2 Å². The van der Waals surface area contributed by atoms with Crippen LogP contribution in [0.15, 0.2) is 43.0 Å². The Kier molecular flexibility index (Phi) is 11.4. The summed E-state index contributed by atoms with van der Waals surface area (Å²) in [6, 6.07) is 5.17. The Labute approximate surface area is 281 Å². The van der Waals surface area contributed by atoms with Gasteiger partial charge in [-0.25, -0.2) is 9.37 Å². The molecular weight excluding hydrogens is 615 g/mol. The number of likely N-dealkylation sites (N-methyl/N-ethyl adjacent to an activating group) is 1. The number of Topliss-reactive ketones (excluding diaryl/α,β-unsaturated/α-hetero) is 1. The summed E-state index contributed by atoms with van der Waals surface area (Å²) in [7, 11) is 3.69. The molecule has 2 N–H and O–H groups in total. The zero-order valence-electron chi connectivity index (χ0n) is 28.3. The van der Waals surface area contributed by atoms with Gasteiger partial charge >= 0.3 is 0 Å². The summed E-state index contributed by atoms with van der Waals surface area (Å²) < 4.78 is 19.0. The van der Waals surface area contributed by atoms with Crippen LogP contribution in [0, 0.1) is 17.7 Å². The van der Waals surface area contributed by atoms with Crippen LogP contribution in [-0.2, 0) is 23.2 Å². The van der Waals surface area contributed by atoms with Crippen LogP contribution in [0.5, 0.6) is 0 Å². The molecule has 0 unspecified atom stereocenters. The Balaban J connectivity index is 1.34. The van der Waals surface area contributed by atoms with E-state index in [2.05, 4.69) is 25.6 Å². The molecule has 5 rings (SSSR count). The number of amides is 3. The van der Waals surface area contributed by atoms with Gasteiger partial charge in [-0.3, -0.25) is 23.9 Å². The molecule has 2 aliphatic rings. The molecule has 0 bridgehead atoms. The number of halogens is 1. The quantitative estimate of drug-likeness (QED) is 0.282. The summed E-state index contributed by atoms with van der Waals surface area (Å²) in [4.78, 5) is 62.0. The Morgan fingerprint density at radius 3 is 2.38 bits per heavy atom. The Morgan fingerprint density at radius 1 is 1.00 bits per heavy atom. The lowest BCUT2D eigenvalue weighted by Crippen LogP contribution is -2.55. The fraction of sp³-hybridized carbons (Fsp3) is 0.543. The van der Waals surface area contributed by atoms with E-state index in [1.54, 1.807) is 46.4 Å². The van der Waals surface area contributed by atoms with Gasteiger partial charge in [0.05, 0.1) is 18.2 Å². The lowest BCUT2D eigenvalue weighted by molar-refractivity contribution is -0.135. The maximum atomic E-state index is 15.8. The smallest absolute Gasteiger partial charge is 0.270 e. The van der Waals surface area contributed by atoms with Gasteiger partial charge in [0.15, 0.2) is 5.78 Å². The van der Waals surface area contributed by atoms with Crippen LogP contribution >= 0.6 is 0 Å². The van der Waals surface area contributed by atoms with E-state index in [4.69, 9.17) is 0 Å². The van der Waals surface area contributed by atoms with Gasteiger partial charge in [-0.15, -0.1) is 0 Å². The van der Waals surface area contributed by atoms with E-state index in [1.165, 1.54) is 24.7 Å². The molecule has 3 atom stereocenters. The van der Waals surface area contributed by atoms with Crippen LogP contribution in [0.25, 0.3) is 0 Å². The van der Waals surface area contributed by atoms with Crippen molar-refractivity contribution in [1.82, 2.24) is 34.4 Å². The summed E-state index contributed by atoms with van der Waals surface area (Å²) in [5.74, 6) is -3.08. The number of carbonyl (C=O) groups is 4. The second-order valence-electron chi connectivity index (χ2n) is 13.2. The number of anilines is 1. The molecule has 2 aromatic heterocycles. The maximum absolute atomic E-state index is 15.8. The molecule has 1 aromatic carbocycles. The minimum absolute atomic E-state index is 0.00340. The van der Waals surface area contributed by atoms with Crippen LogP contribution in [0.1, 0.15) is 84.8 Å². The van der Waals surface area contributed by atoms with Gasteiger partial charge in [0.1, 0.15) is 23.2 Å². The predicted molar refractivity (Wildman–Crippen MR) is 179 cm³/mol. The summed E-state index contributed by atoms with van der Waals surface area (Å²) in [5.41, 5.74) is 1.26. The van der Waals surface area contributed by atoms with Crippen LogP contribution in [0.2, 0.25) is 0 Å². The average Bonchev–Trinajstić information content (AvgIpc) is 3.76. The first-order valence-corrected chi connectivity index (χ1v) is 17.0. The normalized spacial score (nSPS) is 17.8. The number of rotatable bonds is 12. The zero-order valence-corrected chi connectivity index (χ0v) is 28.3. The van der Waals surface area contributed by atoms with Crippen LogP contribution in [-0.4, -0.2) is 91.9 Å². The van der Waals surface area contributed by atoms with E-state index >= 15 is 4.39 Å². The summed E-state index contributed by atoms with van der Waals surface area (Å²) in [6.45, 7) is 6.68. The molecular formula is C35H47FN8O4. The summed E-state index contributed by atoms with van der Waals surface area (Å²) >= 11 is 0. The molecule has 2 fully saturated rings. The van der Waals surface area contributed by atoms with Crippen molar-refractivity contribution in [3.05, 3.63) is 65.8 Å². The van der Waals surface area contributed by atoms with Crippen molar-refractivity contribution >= 4 is 29.2 Å². The number of hydrogen-bond acceptors (Lipinski definition) is 7. The number of hydrogen-bond donors (Lipinski definition) is 2. The van der Waals surface area contributed by atoms with Gasteiger partial charge in [0.25, 0.3) is 5.91 Å². The minimum atomic E-state index is -0.964. The third-order valence-corrected chi connectivity index (χ3v) is 9.96. The molecule has 3 aromatic rings. The van der Waals surface area contributed by atoms with Crippen molar-refractivity contribution in [2.45, 2.75) is 70.9 Å². The Hall–Kier alpha value is -4.39. The molecule has 258 valence electrons. The van der Waals surface area contributed by atoms with Gasteiger partial charge in [-0.05, 0) is 56.5 Å². The molecule has 1 saturated carbocycles. The van der Waals surface area contributed by atoms with Crippen molar-refractivity contribution in [2.75, 3.05) is 38.5 Å². The van der Waals surface area contributed by atoms with E-state index in [-0.39, 0.29) is 35.6 Å². The highest BCUT2D eigenvalue weighted by Gasteiger charge is 2.35. The average molecular weight is 663 g/mol. The van der Waals surface area contributed by atoms with Crippen LogP contribution in [0.3, 0.4) is 0 Å². The molecule has 0 radical (unpaired) electrons. The topological polar surface area (TPSA) is 134 Å². The molecule has 1 saturated heterocycles. The molecule has 3 amide bonds. The minimum Gasteiger partial charge on any atom is -0.338 e. The van der Waals surface area contributed by atoms with Gasteiger partial charge in [-0.2, -0.15) is 5.10 Å². The molecule has 48 heavy (non-hydrogen) atoms. The first-order valence-electron chi connectivity index (χ1n) is 17.0. The molecule has 1 aliphatic heterocycles. The fourth-order valence-corrected chi connectivity index (χ4v) is 6.88. The summed E-state index contributed by atoms with van der Waals surface area (Å²) in [6.07, 6.45) is 9.28. The van der Waals surface area contributed by atoms with E-state index in [1.807, 2.05) is 14.0 Å². The molecule has 0 spiro atoms. The number of aromatic nitrogens is 4. The Morgan fingerprint density at radius 2 is 1.73 bits per heavy atom. The Bertz CT molecular complexity index is 1600. The van der Waals surface area contributed by atoms with Gasteiger partial charge in [0, 0.05) is 64.2 Å². The monoisotopic (exact) mass is 662 g/mol. The highest BCUT2D eigenvalue weighted by molar-refractivity contribution is 6.00. The largest absolute Gasteiger partial charge is 0.338 e. The van der Waals surface area contributed by atoms with E-state index < -0.39 is 29.6 Å². The van der Waals surface area contributed by atoms with Crippen molar-refractivity contribution in [1.29, 1.82) is 0 Å². The van der Waals surface area contributed by atoms with Gasteiger partial charge in [-0.1, -0.05) is 32.3 Å². The van der Waals surface area contributed by atoms with Crippen molar-refractivity contribution in [3.8, 4) is 0 Å². The number of aryl methyl sites for hydroxylation is 2. The zero-order chi connectivity index (χ0) is 34.4. The third kappa shape index (κ3) is 8.00. The number of nitrogens with one attached hydrogen (secondary N) is 2. The number of carbonyl (C=O) groups excluding carboxylic acids is 4. The lowest BCUT2D eigenvalue weighted by Gasteiger charge is -2.36. The first-order chi connectivity index (χ1) is 23.1. The van der Waals surface area contributed by atoms with Crippen LogP contribution in [0.4, 0.5) is 10.1 Å². The number of piperazine rings is 1. The van der Waals surface area contributed by atoms with Crippen LogP contribution < -0.4 is 10.6 Å². The third-order valence-electron chi connectivity index (χ3n) is 9.96. The van der Waals surface area contributed by atoms with Gasteiger partial charge in [0.2, 0.25) is 11.8 Å². The van der Waals surface area contributed by atoms with Crippen molar-refractivity contribution < 1.29 is 23.6 Å². The lowest BCUT2D eigenvalue weighted by atomic mass is 9.77. The standard InChI is InChI=1S/C35H47FN8O4/c1-5-44-29(13-14-38-44)31(45)20-26(24-9-7-6-8-10-24)33(46)39-28-12-11-25(19-27(28)36)23(2)32(35(48)43-17-15-41(3)16-18-43)40-34(47)30-21-37-22-42(30)4/h11-14,19,21-24,26,32H,5-10,15-18,20H2,1-4H3,(H,39,46)(H,40,47)/t23-,26-,32+/m0/s1. The van der Waals surface area contributed by atoms with E-state index in [0.29, 0.717) is 49.7 Å². The second-order valence-corrected chi connectivity index (χ2v) is 13.2. The van der Waals surface area contributed by atoms with Crippen molar-refractivity contribution in [3.63, 3.8) is 0 Å². The molecule has 1 aliphatic carbocycles. The SMILES string of the molecule is CCn1nccc1C(=O)C[C@H](C(=O)Nc1ccc([C@H](C)[C@@H](NC(=O)c2cncn2C)C(=O)N2CCN(C)CC2)cc1F)C1CCCCC1. The fourth-order valence-electron chi connectivity index (χ4n) is 6.88. The molecule has 12 nitrogen and oxygen atoms in total.